The van der Waals surface area contributed by atoms with Crippen molar-refractivity contribution in [3.63, 3.8) is 0 Å². The summed E-state index contributed by atoms with van der Waals surface area (Å²) < 4.78 is 51.7. The van der Waals surface area contributed by atoms with Gasteiger partial charge in [0.15, 0.2) is 0 Å². The van der Waals surface area contributed by atoms with Crippen molar-refractivity contribution in [1.82, 2.24) is 9.97 Å². The topological polar surface area (TPSA) is 135 Å². The average molecular weight is 272 g/mol. The van der Waals surface area contributed by atoms with Crippen molar-refractivity contribution >= 4 is 20.2 Å². The number of hydrogen-bond donors (Lipinski definition) is 2. The third-order valence-corrected chi connectivity index (χ3v) is 0.478. The van der Waals surface area contributed by atoms with Crippen molar-refractivity contribution in [2.45, 2.75) is 0 Å². The Morgan fingerprint density at radius 2 is 1.12 bits per heavy atom. The van der Waals surface area contributed by atoms with Gasteiger partial charge < -0.3 is 0 Å². The lowest BCUT2D eigenvalue weighted by Gasteiger charge is -1.70. The first-order valence-corrected chi connectivity index (χ1v) is 7.24. The Labute approximate surface area is 93.9 Å². The van der Waals surface area contributed by atoms with E-state index in [9.17, 15) is 16.8 Å². The van der Waals surface area contributed by atoms with Crippen LogP contribution in [-0.2, 0) is 20.2 Å². The van der Waals surface area contributed by atoms with Crippen LogP contribution in [0, 0.1) is 0 Å². The fraction of sp³-hybridized carbons (Fsp3) is 0.333. The van der Waals surface area contributed by atoms with Crippen LogP contribution in [0.4, 0.5) is 0 Å². The second-order valence-electron chi connectivity index (χ2n) is 2.37. The van der Waals surface area contributed by atoms with Gasteiger partial charge in [0.2, 0.25) is 0 Å². The molecule has 94 valence electrons. The molecule has 8 nitrogen and oxygen atoms in total. The second kappa shape index (κ2) is 8.10. The monoisotopic (exact) mass is 272 g/mol. The molecule has 0 atom stereocenters. The van der Waals surface area contributed by atoms with Gasteiger partial charge in [0.25, 0.3) is 20.2 Å². The fourth-order valence-corrected chi connectivity index (χ4v) is 0.253. The molecule has 1 aromatic heterocycles. The molecule has 1 aromatic rings. The van der Waals surface area contributed by atoms with Crippen LogP contribution in [0.3, 0.4) is 0 Å². The van der Waals surface area contributed by atoms with Gasteiger partial charge in [0.1, 0.15) is 6.33 Å². The van der Waals surface area contributed by atoms with Gasteiger partial charge in [-0.3, -0.25) is 9.11 Å². The van der Waals surface area contributed by atoms with Gasteiger partial charge in [0, 0.05) is 12.4 Å². The van der Waals surface area contributed by atoms with E-state index in [0.29, 0.717) is 12.5 Å². The minimum atomic E-state index is -3.67. The van der Waals surface area contributed by atoms with Crippen molar-refractivity contribution in [3.8, 4) is 0 Å². The number of nitrogens with zero attached hydrogens (tertiary/aromatic N) is 2. The molecular weight excluding hydrogens is 260 g/mol. The zero-order valence-corrected chi connectivity index (χ0v) is 10.2. The smallest absolute Gasteiger partial charge is 0.261 e. The number of hydrogen-bond acceptors (Lipinski definition) is 6. The number of rotatable bonds is 0. The zero-order chi connectivity index (χ0) is 13.2. The molecule has 0 saturated carbocycles. The lowest BCUT2D eigenvalue weighted by atomic mass is 10.7. The Hall–Kier alpha value is -1.10. The third-order valence-electron chi connectivity index (χ3n) is 0.478. The SMILES string of the molecule is CS(=O)(=O)O.CS(=O)(=O)O.c1cncnc1. The molecule has 0 radical (unpaired) electrons. The summed E-state index contributed by atoms with van der Waals surface area (Å²) in [6.07, 6.45) is 6.31. The molecule has 2 N–H and O–H groups in total. The van der Waals surface area contributed by atoms with Gasteiger partial charge in [0.05, 0.1) is 12.5 Å². The highest BCUT2D eigenvalue weighted by Crippen LogP contribution is 1.66. The highest BCUT2D eigenvalue weighted by molar-refractivity contribution is 7.85. The van der Waals surface area contributed by atoms with E-state index in [-0.39, 0.29) is 0 Å². The summed E-state index contributed by atoms with van der Waals surface area (Å²) in [5, 5.41) is 0. The minimum Gasteiger partial charge on any atom is -0.286 e. The summed E-state index contributed by atoms with van der Waals surface area (Å²) in [7, 11) is -7.33. The summed E-state index contributed by atoms with van der Waals surface area (Å²) >= 11 is 0. The van der Waals surface area contributed by atoms with E-state index < -0.39 is 20.2 Å². The first-order valence-electron chi connectivity index (χ1n) is 3.55. The zero-order valence-electron chi connectivity index (χ0n) is 8.55. The first-order chi connectivity index (χ1) is 7.00. The Morgan fingerprint density at radius 1 is 0.875 bits per heavy atom. The van der Waals surface area contributed by atoms with Crippen LogP contribution in [0.2, 0.25) is 0 Å². The van der Waals surface area contributed by atoms with Gasteiger partial charge in [-0.25, -0.2) is 9.97 Å². The average Bonchev–Trinajstić information content (AvgIpc) is 2.01. The summed E-state index contributed by atoms with van der Waals surface area (Å²) in [6.45, 7) is 0. The van der Waals surface area contributed by atoms with E-state index in [0.717, 1.165) is 0 Å². The Kier molecular flexibility index (Phi) is 8.76. The van der Waals surface area contributed by atoms with E-state index in [4.69, 9.17) is 9.11 Å². The Balaban J connectivity index is 0. The molecule has 0 amide bonds. The van der Waals surface area contributed by atoms with Crippen LogP contribution in [-0.4, -0.2) is 48.4 Å². The van der Waals surface area contributed by atoms with E-state index in [2.05, 4.69) is 9.97 Å². The van der Waals surface area contributed by atoms with Gasteiger partial charge in [-0.2, -0.15) is 16.8 Å². The fourth-order valence-electron chi connectivity index (χ4n) is 0.253. The maximum atomic E-state index is 9.19. The Morgan fingerprint density at radius 3 is 1.19 bits per heavy atom. The van der Waals surface area contributed by atoms with E-state index in [1.54, 1.807) is 18.5 Å². The third kappa shape index (κ3) is 76.1. The minimum absolute atomic E-state index is 0.715. The highest BCUT2D eigenvalue weighted by Gasteiger charge is 1.82. The van der Waals surface area contributed by atoms with Crippen molar-refractivity contribution in [2.75, 3.05) is 12.5 Å². The standard InChI is InChI=1S/C4H4N2.2CH4O3S/c1-2-5-4-6-3-1;2*1-5(2,3)4/h1-4H;2*1H3,(H,2,3,4). The van der Waals surface area contributed by atoms with Gasteiger partial charge >= 0.3 is 0 Å². The summed E-state index contributed by atoms with van der Waals surface area (Å²) in [4.78, 5) is 7.35. The molecule has 0 bridgehead atoms. The maximum absolute atomic E-state index is 9.19. The van der Waals surface area contributed by atoms with Crippen molar-refractivity contribution in [2.24, 2.45) is 0 Å². The van der Waals surface area contributed by atoms with Crippen LogP contribution in [0.15, 0.2) is 24.8 Å². The van der Waals surface area contributed by atoms with E-state index in [1.807, 2.05) is 0 Å². The molecular formula is C6H12N2O6S2. The van der Waals surface area contributed by atoms with Gasteiger partial charge in [-0.05, 0) is 6.07 Å². The normalized spacial score (nSPS) is 10.2. The predicted octanol–water partition coefficient (Wildman–Crippen LogP) is -0.515. The predicted molar refractivity (Wildman–Crippen MR) is 57.0 cm³/mol. The molecule has 0 fully saturated rings. The largest absolute Gasteiger partial charge is 0.286 e. The Bertz CT molecular complexity index is 382. The molecule has 0 saturated heterocycles. The molecule has 1 rings (SSSR count). The van der Waals surface area contributed by atoms with Crippen LogP contribution >= 0.6 is 0 Å². The molecule has 0 aliphatic carbocycles. The molecule has 0 aromatic carbocycles. The summed E-state index contributed by atoms with van der Waals surface area (Å²) in [5.41, 5.74) is 0. The first kappa shape index (κ1) is 17.3. The van der Waals surface area contributed by atoms with Crippen LogP contribution in [0.5, 0.6) is 0 Å². The van der Waals surface area contributed by atoms with Crippen molar-refractivity contribution in [1.29, 1.82) is 0 Å². The van der Waals surface area contributed by atoms with Crippen LogP contribution in [0.25, 0.3) is 0 Å². The van der Waals surface area contributed by atoms with Crippen molar-refractivity contribution in [3.05, 3.63) is 24.8 Å². The van der Waals surface area contributed by atoms with E-state index in [1.165, 1.54) is 6.33 Å². The second-order valence-corrected chi connectivity index (χ2v) is 5.30. The van der Waals surface area contributed by atoms with Crippen LogP contribution in [0.1, 0.15) is 0 Å². The molecule has 0 aliphatic rings. The summed E-state index contributed by atoms with van der Waals surface area (Å²) in [5.74, 6) is 0. The summed E-state index contributed by atoms with van der Waals surface area (Å²) in [6, 6.07) is 1.78. The molecule has 0 spiro atoms. The van der Waals surface area contributed by atoms with Crippen molar-refractivity contribution < 1.29 is 25.9 Å². The molecule has 1 heterocycles. The van der Waals surface area contributed by atoms with Crippen LogP contribution < -0.4 is 0 Å². The quantitative estimate of drug-likeness (QED) is 0.602. The maximum Gasteiger partial charge on any atom is 0.261 e. The molecule has 0 unspecified atom stereocenters. The van der Waals surface area contributed by atoms with Gasteiger partial charge in [-0.15, -0.1) is 0 Å². The molecule has 10 heteroatoms. The van der Waals surface area contributed by atoms with E-state index >= 15 is 0 Å². The lowest BCUT2D eigenvalue weighted by Crippen LogP contribution is -1.88. The molecule has 0 aliphatic heterocycles. The highest BCUT2D eigenvalue weighted by atomic mass is 32.2. The lowest BCUT2D eigenvalue weighted by molar-refractivity contribution is 0.488. The molecule has 16 heavy (non-hydrogen) atoms. The number of aromatic nitrogens is 2. The van der Waals surface area contributed by atoms with Gasteiger partial charge in [-0.1, -0.05) is 0 Å².